The quantitative estimate of drug-likeness (QED) is 0.739. The maximum atomic E-state index is 11.5. The Bertz CT molecular complexity index is 669. The van der Waals surface area contributed by atoms with E-state index >= 15 is 0 Å². The third kappa shape index (κ3) is 2.20. The third-order valence-corrected chi connectivity index (χ3v) is 2.79. The zero-order valence-corrected chi connectivity index (χ0v) is 9.98. The largest absolute Gasteiger partial charge is 0.546 e. The molecule has 94 valence electrons. The first-order valence-electron chi connectivity index (χ1n) is 5.36. The molecule has 0 aliphatic heterocycles. The van der Waals surface area contributed by atoms with E-state index in [9.17, 15) is 14.7 Å². The molecule has 0 amide bonds. The summed E-state index contributed by atoms with van der Waals surface area (Å²) in [5.74, 6) is -0.991. The number of hydrogen-bond acceptors (Lipinski definition) is 5. The van der Waals surface area contributed by atoms with Crippen LogP contribution in [0, 0.1) is 13.8 Å². The van der Waals surface area contributed by atoms with Crippen LogP contribution in [0.15, 0.2) is 27.4 Å². The molecule has 0 atom stereocenters. The molecule has 0 aliphatic carbocycles. The van der Waals surface area contributed by atoms with Crippen molar-refractivity contribution in [1.82, 2.24) is 0 Å². The molecule has 0 spiro atoms. The van der Waals surface area contributed by atoms with Gasteiger partial charge in [-0.3, -0.25) is 0 Å². The number of carboxylic acids is 1. The summed E-state index contributed by atoms with van der Waals surface area (Å²) >= 11 is 0. The Morgan fingerprint density at radius 2 is 2.06 bits per heavy atom. The van der Waals surface area contributed by atoms with Gasteiger partial charge >= 0.3 is 5.63 Å². The van der Waals surface area contributed by atoms with Crippen molar-refractivity contribution in [3.63, 3.8) is 0 Å². The van der Waals surface area contributed by atoms with E-state index in [1.807, 2.05) is 6.92 Å². The number of fused-ring (bicyclic) bond motifs is 1. The second-order valence-electron chi connectivity index (χ2n) is 3.96. The zero-order valence-electron chi connectivity index (χ0n) is 9.98. The smallest absolute Gasteiger partial charge is 0.339 e. The van der Waals surface area contributed by atoms with E-state index in [0.29, 0.717) is 16.9 Å². The zero-order chi connectivity index (χ0) is 13.3. The molecule has 18 heavy (non-hydrogen) atoms. The Kier molecular flexibility index (Phi) is 3.06. The maximum Gasteiger partial charge on any atom is 0.339 e. The molecule has 1 heterocycles. The van der Waals surface area contributed by atoms with Crippen molar-refractivity contribution in [3.8, 4) is 5.75 Å². The predicted octanol–water partition coefficient (Wildman–Crippen LogP) is 0.539. The van der Waals surface area contributed by atoms with Crippen molar-refractivity contribution < 1.29 is 19.1 Å². The maximum absolute atomic E-state index is 11.5. The highest BCUT2D eigenvalue weighted by Gasteiger charge is 2.08. The summed E-state index contributed by atoms with van der Waals surface area (Å²) in [5.41, 5.74) is 1.37. The Morgan fingerprint density at radius 1 is 1.33 bits per heavy atom. The van der Waals surface area contributed by atoms with Gasteiger partial charge in [0.1, 0.15) is 17.9 Å². The molecule has 0 saturated heterocycles. The summed E-state index contributed by atoms with van der Waals surface area (Å²) < 4.78 is 10.1. The lowest BCUT2D eigenvalue weighted by atomic mass is 10.1. The number of carboxylic acid groups (broad SMARTS) is 1. The molecule has 0 unspecified atom stereocenters. The highest BCUT2D eigenvalue weighted by molar-refractivity contribution is 5.82. The molecule has 0 bridgehead atoms. The van der Waals surface area contributed by atoms with Crippen molar-refractivity contribution in [3.05, 3.63) is 39.7 Å². The van der Waals surface area contributed by atoms with Gasteiger partial charge < -0.3 is 19.1 Å². The lowest BCUT2D eigenvalue weighted by Crippen LogP contribution is -2.28. The molecular formula is C13H11O5-. The third-order valence-electron chi connectivity index (χ3n) is 2.79. The van der Waals surface area contributed by atoms with Gasteiger partial charge in [0, 0.05) is 17.0 Å². The Balaban J connectivity index is 2.49. The first kappa shape index (κ1) is 12.2. The van der Waals surface area contributed by atoms with Gasteiger partial charge in [0.15, 0.2) is 0 Å². The van der Waals surface area contributed by atoms with Crippen LogP contribution in [0.1, 0.15) is 11.1 Å². The van der Waals surface area contributed by atoms with Crippen LogP contribution in [-0.4, -0.2) is 12.6 Å². The van der Waals surface area contributed by atoms with Gasteiger partial charge in [0.2, 0.25) is 0 Å². The van der Waals surface area contributed by atoms with Crippen molar-refractivity contribution in [1.29, 1.82) is 0 Å². The van der Waals surface area contributed by atoms with E-state index < -0.39 is 18.2 Å². The van der Waals surface area contributed by atoms with E-state index in [2.05, 4.69) is 0 Å². The normalized spacial score (nSPS) is 10.6. The summed E-state index contributed by atoms with van der Waals surface area (Å²) in [6.07, 6.45) is 0. The number of aliphatic carboxylic acids is 1. The Labute approximate surface area is 103 Å². The SMILES string of the molecule is Cc1c(C)c2ccc(OCC(=O)[O-])cc2oc1=O. The van der Waals surface area contributed by atoms with E-state index in [1.54, 1.807) is 19.1 Å². The van der Waals surface area contributed by atoms with Crippen LogP contribution in [0.2, 0.25) is 0 Å². The summed E-state index contributed by atoms with van der Waals surface area (Å²) in [6.45, 7) is 2.98. The van der Waals surface area contributed by atoms with Crippen LogP contribution in [0.5, 0.6) is 5.75 Å². The second kappa shape index (κ2) is 4.52. The molecule has 5 nitrogen and oxygen atoms in total. The van der Waals surface area contributed by atoms with Crippen molar-refractivity contribution >= 4 is 16.9 Å². The Morgan fingerprint density at radius 3 is 2.72 bits per heavy atom. The molecule has 1 aromatic carbocycles. The molecule has 2 rings (SSSR count). The van der Waals surface area contributed by atoms with Crippen LogP contribution >= 0.6 is 0 Å². The summed E-state index contributed by atoms with van der Waals surface area (Å²) in [6, 6.07) is 4.84. The predicted molar refractivity (Wildman–Crippen MR) is 62.5 cm³/mol. The lowest BCUT2D eigenvalue weighted by Gasteiger charge is -2.08. The van der Waals surface area contributed by atoms with Gasteiger partial charge in [0.05, 0.1) is 5.97 Å². The average molecular weight is 247 g/mol. The topological polar surface area (TPSA) is 79.6 Å². The fraction of sp³-hybridized carbons (Fsp3) is 0.231. The van der Waals surface area contributed by atoms with Crippen LogP contribution in [0.25, 0.3) is 11.0 Å². The van der Waals surface area contributed by atoms with Crippen LogP contribution < -0.4 is 15.5 Å². The van der Waals surface area contributed by atoms with Gasteiger partial charge in [-0.2, -0.15) is 0 Å². The number of carbonyl (C=O) groups excluding carboxylic acids is 1. The fourth-order valence-corrected chi connectivity index (χ4v) is 1.66. The monoisotopic (exact) mass is 247 g/mol. The fourth-order valence-electron chi connectivity index (χ4n) is 1.66. The van der Waals surface area contributed by atoms with Crippen molar-refractivity contribution in [2.75, 3.05) is 6.61 Å². The molecule has 2 aromatic rings. The van der Waals surface area contributed by atoms with E-state index in [4.69, 9.17) is 9.15 Å². The van der Waals surface area contributed by atoms with Gasteiger partial charge in [0.25, 0.3) is 0 Å². The minimum absolute atomic E-state index is 0.318. The number of hydrogen-bond donors (Lipinski definition) is 0. The molecule has 0 saturated carbocycles. The summed E-state index contributed by atoms with van der Waals surface area (Å²) in [5, 5.41) is 11.1. The lowest BCUT2D eigenvalue weighted by molar-refractivity contribution is -0.307. The highest BCUT2D eigenvalue weighted by Crippen LogP contribution is 2.23. The first-order chi connectivity index (χ1) is 8.49. The van der Waals surface area contributed by atoms with Gasteiger partial charge in [-0.1, -0.05) is 0 Å². The highest BCUT2D eigenvalue weighted by atomic mass is 16.5. The minimum atomic E-state index is -1.31. The Hall–Kier alpha value is -2.30. The number of aryl methyl sites for hydroxylation is 1. The van der Waals surface area contributed by atoms with Crippen LogP contribution in [-0.2, 0) is 4.79 Å². The first-order valence-corrected chi connectivity index (χ1v) is 5.36. The molecule has 0 fully saturated rings. The molecular weight excluding hydrogens is 236 g/mol. The van der Waals surface area contributed by atoms with Crippen LogP contribution in [0.3, 0.4) is 0 Å². The summed E-state index contributed by atoms with van der Waals surface area (Å²) in [4.78, 5) is 21.8. The van der Waals surface area contributed by atoms with Gasteiger partial charge in [-0.25, -0.2) is 4.79 Å². The number of benzene rings is 1. The molecule has 1 aromatic heterocycles. The second-order valence-corrected chi connectivity index (χ2v) is 3.96. The van der Waals surface area contributed by atoms with E-state index in [-0.39, 0.29) is 0 Å². The van der Waals surface area contributed by atoms with E-state index in [1.165, 1.54) is 6.07 Å². The number of carbonyl (C=O) groups is 1. The van der Waals surface area contributed by atoms with Gasteiger partial charge in [-0.05, 0) is 31.5 Å². The number of rotatable bonds is 3. The molecule has 0 N–H and O–H groups in total. The van der Waals surface area contributed by atoms with Crippen LogP contribution in [0.4, 0.5) is 0 Å². The molecule has 0 radical (unpaired) electrons. The summed E-state index contributed by atoms with van der Waals surface area (Å²) in [7, 11) is 0. The molecule has 0 aliphatic rings. The standard InChI is InChI=1S/C13H12O5/c1-7-8(2)13(16)18-11-5-9(3-4-10(7)11)17-6-12(14)15/h3-5H,6H2,1-2H3,(H,14,15)/p-1. The number of ether oxygens (including phenoxy) is 1. The van der Waals surface area contributed by atoms with Crippen molar-refractivity contribution in [2.24, 2.45) is 0 Å². The van der Waals surface area contributed by atoms with Gasteiger partial charge in [-0.15, -0.1) is 0 Å². The van der Waals surface area contributed by atoms with Crippen molar-refractivity contribution in [2.45, 2.75) is 13.8 Å². The minimum Gasteiger partial charge on any atom is -0.546 e. The molecule has 5 heteroatoms. The van der Waals surface area contributed by atoms with E-state index in [0.717, 1.165) is 10.9 Å². The average Bonchev–Trinajstić information content (AvgIpc) is 2.33.